The number of hydrogen-bond donors (Lipinski definition) is 1. The monoisotopic (exact) mass is 411 g/mol. The molecular formula is C23H25NO6. The van der Waals surface area contributed by atoms with E-state index in [0.29, 0.717) is 35.8 Å². The number of esters is 1. The van der Waals surface area contributed by atoms with Gasteiger partial charge in [0.05, 0.1) is 14.2 Å². The van der Waals surface area contributed by atoms with Crippen molar-refractivity contribution in [3.8, 4) is 28.4 Å². The maximum absolute atomic E-state index is 12.1. The van der Waals surface area contributed by atoms with E-state index in [1.54, 1.807) is 21.1 Å². The van der Waals surface area contributed by atoms with Gasteiger partial charge in [-0.2, -0.15) is 0 Å². The van der Waals surface area contributed by atoms with Crippen LogP contribution in [0.3, 0.4) is 0 Å². The third kappa shape index (κ3) is 3.56. The fourth-order valence-electron chi connectivity index (χ4n) is 3.69. The summed E-state index contributed by atoms with van der Waals surface area (Å²) in [7, 11) is 3.12. The second-order valence-electron chi connectivity index (χ2n) is 7.49. The fraction of sp³-hybridized carbons (Fsp3) is 0.391. The van der Waals surface area contributed by atoms with Gasteiger partial charge in [-0.3, -0.25) is 9.59 Å². The SMILES string of the molecule is CCC(=O)OC1(COc2c(-c3cccc4c3CNC4=O)ccc(OC)c2OC)CC1. The standard InChI is InChI=1S/C23H25NO6/c1-4-19(25)30-23(10-11-23)13-29-20-15(8-9-18(27-2)21(20)28-3)14-6-5-7-16-17(14)12-24-22(16)26/h5-9H,4,10-13H2,1-3H3,(H,24,26). The van der Waals surface area contributed by atoms with Crippen LogP contribution in [-0.2, 0) is 16.1 Å². The minimum Gasteiger partial charge on any atom is -0.493 e. The Bertz CT molecular complexity index is 995. The number of methoxy groups -OCH3 is 2. The molecule has 1 saturated carbocycles. The van der Waals surface area contributed by atoms with E-state index in [9.17, 15) is 9.59 Å². The fourth-order valence-corrected chi connectivity index (χ4v) is 3.69. The highest BCUT2D eigenvalue weighted by Crippen LogP contribution is 2.48. The molecule has 0 saturated heterocycles. The lowest BCUT2D eigenvalue weighted by Crippen LogP contribution is -2.26. The van der Waals surface area contributed by atoms with Crippen LogP contribution >= 0.6 is 0 Å². The Hall–Kier alpha value is -3.22. The maximum Gasteiger partial charge on any atom is 0.306 e. The summed E-state index contributed by atoms with van der Waals surface area (Å²) in [5.41, 5.74) is 2.66. The van der Waals surface area contributed by atoms with Crippen molar-refractivity contribution in [2.45, 2.75) is 38.3 Å². The molecule has 0 radical (unpaired) electrons. The minimum atomic E-state index is -0.589. The van der Waals surface area contributed by atoms with Gasteiger partial charge in [0.1, 0.15) is 12.2 Å². The van der Waals surface area contributed by atoms with Crippen LogP contribution in [0.1, 0.15) is 42.1 Å². The first-order chi connectivity index (χ1) is 14.5. The van der Waals surface area contributed by atoms with Crippen molar-refractivity contribution in [3.63, 3.8) is 0 Å². The molecule has 0 unspecified atom stereocenters. The van der Waals surface area contributed by atoms with Crippen LogP contribution < -0.4 is 19.5 Å². The average molecular weight is 411 g/mol. The number of ether oxygens (including phenoxy) is 4. The summed E-state index contributed by atoms with van der Waals surface area (Å²) < 4.78 is 22.9. The second kappa shape index (κ2) is 7.89. The Labute approximate surface area is 175 Å². The summed E-state index contributed by atoms with van der Waals surface area (Å²) in [6, 6.07) is 9.33. The number of benzene rings is 2. The van der Waals surface area contributed by atoms with E-state index in [1.165, 1.54) is 0 Å². The molecule has 7 nitrogen and oxygen atoms in total. The molecule has 1 fully saturated rings. The van der Waals surface area contributed by atoms with Crippen LogP contribution in [0, 0.1) is 0 Å². The highest BCUT2D eigenvalue weighted by Gasteiger charge is 2.48. The summed E-state index contributed by atoms with van der Waals surface area (Å²) in [4.78, 5) is 23.9. The number of hydrogen-bond acceptors (Lipinski definition) is 6. The Morgan fingerprint density at radius 3 is 2.47 bits per heavy atom. The summed E-state index contributed by atoms with van der Waals surface area (Å²) in [5, 5.41) is 2.87. The van der Waals surface area contributed by atoms with Crippen LogP contribution in [0.2, 0.25) is 0 Å². The zero-order valence-electron chi connectivity index (χ0n) is 17.4. The van der Waals surface area contributed by atoms with Crippen LogP contribution in [0.25, 0.3) is 11.1 Å². The lowest BCUT2D eigenvalue weighted by molar-refractivity contribution is -0.152. The predicted molar refractivity (Wildman–Crippen MR) is 110 cm³/mol. The quantitative estimate of drug-likeness (QED) is 0.670. The Morgan fingerprint density at radius 1 is 1.03 bits per heavy atom. The first kappa shape index (κ1) is 20.1. The van der Waals surface area contributed by atoms with Gasteiger partial charge in [-0.25, -0.2) is 0 Å². The third-order valence-corrected chi connectivity index (χ3v) is 5.54. The molecule has 30 heavy (non-hydrogen) atoms. The van der Waals surface area contributed by atoms with Gasteiger partial charge in [0.2, 0.25) is 5.75 Å². The molecule has 1 heterocycles. The predicted octanol–water partition coefficient (Wildman–Crippen LogP) is 3.48. The van der Waals surface area contributed by atoms with Gasteiger partial charge in [-0.1, -0.05) is 19.1 Å². The van der Waals surface area contributed by atoms with Gasteiger partial charge in [0.25, 0.3) is 5.91 Å². The first-order valence-corrected chi connectivity index (χ1v) is 10.0. The molecule has 2 aromatic rings. The Kier molecular flexibility index (Phi) is 5.28. The summed E-state index contributed by atoms with van der Waals surface area (Å²) in [5.74, 6) is 1.18. The van der Waals surface area contributed by atoms with Crippen molar-refractivity contribution in [2.24, 2.45) is 0 Å². The largest absolute Gasteiger partial charge is 0.493 e. The number of rotatable bonds is 8. The zero-order valence-corrected chi connectivity index (χ0v) is 17.4. The van der Waals surface area contributed by atoms with E-state index in [0.717, 1.165) is 29.5 Å². The van der Waals surface area contributed by atoms with Gasteiger partial charge < -0.3 is 24.3 Å². The molecule has 2 aliphatic rings. The summed E-state index contributed by atoms with van der Waals surface area (Å²) in [6.07, 6.45) is 1.85. The van der Waals surface area contributed by atoms with Gasteiger partial charge in [0, 0.05) is 24.1 Å². The first-order valence-electron chi connectivity index (χ1n) is 10.0. The Morgan fingerprint density at radius 2 is 1.80 bits per heavy atom. The zero-order chi connectivity index (χ0) is 21.3. The van der Waals surface area contributed by atoms with Crippen molar-refractivity contribution in [2.75, 3.05) is 20.8 Å². The molecule has 0 bridgehead atoms. The molecule has 158 valence electrons. The molecule has 0 aromatic heterocycles. The van der Waals surface area contributed by atoms with Crippen LogP contribution in [0.15, 0.2) is 30.3 Å². The molecular weight excluding hydrogens is 386 g/mol. The van der Waals surface area contributed by atoms with E-state index in [1.807, 2.05) is 30.3 Å². The van der Waals surface area contributed by atoms with Gasteiger partial charge in [0.15, 0.2) is 11.5 Å². The maximum atomic E-state index is 12.1. The lowest BCUT2D eigenvalue weighted by Gasteiger charge is -2.22. The van der Waals surface area contributed by atoms with Crippen molar-refractivity contribution in [3.05, 3.63) is 41.5 Å². The summed E-state index contributed by atoms with van der Waals surface area (Å²) in [6.45, 7) is 2.45. The number of fused-ring (bicyclic) bond motifs is 1. The van der Waals surface area contributed by atoms with Gasteiger partial charge in [-0.05, 0) is 42.2 Å². The summed E-state index contributed by atoms with van der Waals surface area (Å²) >= 11 is 0. The van der Waals surface area contributed by atoms with Crippen molar-refractivity contribution in [1.29, 1.82) is 0 Å². The van der Waals surface area contributed by atoms with Gasteiger partial charge >= 0.3 is 5.97 Å². The molecule has 1 aliphatic heterocycles. The topological polar surface area (TPSA) is 83.1 Å². The highest BCUT2D eigenvalue weighted by atomic mass is 16.6. The number of nitrogens with one attached hydrogen (secondary N) is 1. The van der Waals surface area contributed by atoms with E-state index < -0.39 is 5.60 Å². The van der Waals surface area contributed by atoms with Crippen molar-refractivity contribution >= 4 is 11.9 Å². The molecule has 0 atom stereocenters. The number of carbonyl (C=O) groups is 2. The molecule has 4 rings (SSSR count). The highest BCUT2D eigenvalue weighted by molar-refractivity contribution is 6.01. The van der Waals surface area contributed by atoms with E-state index in [4.69, 9.17) is 18.9 Å². The smallest absolute Gasteiger partial charge is 0.306 e. The van der Waals surface area contributed by atoms with Crippen LogP contribution in [0.5, 0.6) is 17.2 Å². The van der Waals surface area contributed by atoms with Crippen LogP contribution in [0.4, 0.5) is 0 Å². The molecule has 7 heteroatoms. The third-order valence-electron chi connectivity index (χ3n) is 5.54. The molecule has 1 amide bonds. The molecule has 2 aromatic carbocycles. The lowest BCUT2D eigenvalue weighted by atomic mass is 9.95. The van der Waals surface area contributed by atoms with E-state index >= 15 is 0 Å². The molecule has 1 aliphatic carbocycles. The normalized spacial score (nSPS) is 15.8. The van der Waals surface area contributed by atoms with Gasteiger partial charge in [-0.15, -0.1) is 0 Å². The number of carbonyl (C=O) groups excluding carboxylic acids is 2. The van der Waals surface area contributed by atoms with E-state index in [2.05, 4.69) is 5.32 Å². The minimum absolute atomic E-state index is 0.0850. The van der Waals surface area contributed by atoms with E-state index in [-0.39, 0.29) is 18.5 Å². The number of amides is 1. The molecule has 0 spiro atoms. The second-order valence-corrected chi connectivity index (χ2v) is 7.49. The van der Waals surface area contributed by atoms with Crippen LogP contribution in [-0.4, -0.2) is 38.3 Å². The van der Waals surface area contributed by atoms with Crippen molar-refractivity contribution in [1.82, 2.24) is 5.32 Å². The molecule has 1 N–H and O–H groups in total. The average Bonchev–Trinajstić information content (AvgIpc) is 3.43. The Balaban J connectivity index is 1.74. The van der Waals surface area contributed by atoms with Crippen molar-refractivity contribution < 1.29 is 28.5 Å².